The lowest BCUT2D eigenvalue weighted by Crippen LogP contribution is -2.38. The maximum Gasteiger partial charge on any atom is 0.336 e. The van der Waals surface area contributed by atoms with Crippen molar-refractivity contribution in [1.29, 1.82) is 0 Å². The molecule has 3 aromatic heterocycles. The molecule has 0 atom stereocenters. The molecule has 2 aliphatic heterocycles. The first-order valence-electron chi connectivity index (χ1n) is 12.4. The monoisotopic (exact) mass is 472 g/mol. The molecule has 0 aliphatic carbocycles. The third-order valence-electron chi connectivity index (χ3n) is 7.26. The van der Waals surface area contributed by atoms with E-state index in [9.17, 15) is 9.59 Å². The third-order valence-corrected chi connectivity index (χ3v) is 7.26. The van der Waals surface area contributed by atoms with Gasteiger partial charge < -0.3 is 19.2 Å². The number of aromatic nitrogens is 4. The first kappa shape index (κ1) is 21.8. The van der Waals surface area contributed by atoms with E-state index in [1.807, 2.05) is 19.1 Å². The summed E-state index contributed by atoms with van der Waals surface area (Å²) in [5, 5.41) is 3.87. The van der Waals surface area contributed by atoms with E-state index in [1.54, 1.807) is 12.4 Å². The molecule has 1 amide bonds. The Labute approximate surface area is 202 Å². The van der Waals surface area contributed by atoms with Gasteiger partial charge in [-0.25, -0.2) is 19.7 Å². The number of piperidine rings is 1. The highest BCUT2D eigenvalue weighted by molar-refractivity contribution is 5.95. The Bertz CT molecular complexity index is 1480. The van der Waals surface area contributed by atoms with Crippen molar-refractivity contribution in [2.75, 3.05) is 23.3 Å². The third kappa shape index (κ3) is 4.05. The summed E-state index contributed by atoms with van der Waals surface area (Å²) < 4.78 is 7.56. The van der Waals surface area contributed by atoms with Crippen LogP contribution in [0, 0.1) is 12.8 Å². The normalized spacial score (nSPS) is 16.9. The number of imidazole rings is 1. The van der Waals surface area contributed by atoms with Crippen molar-refractivity contribution in [1.82, 2.24) is 19.5 Å². The van der Waals surface area contributed by atoms with Crippen LogP contribution in [0.3, 0.4) is 0 Å². The number of carbonyl (C=O) groups excluding carboxylic acids is 1. The van der Waals surface area contributed by atoms with E-state index in [0.29, 0.717) is 11.3 Å². The molecule has 6 rings (SSSR count). The molecular formula is C26H28N6O3. The molecule has 9 heteroatoms. The summed E-state index contributed by atoms with van der Waals surface area (Å²) in [7, 11) is 0. The van der Waals surface area contributed by atoms with Crippen LogP contribution in [0.1, 0.15) is 43.5 Å². The Hall–Kier alpha value is -3.75. The molecule has 4 aromatic rings. The van der Waals surface area contributed by atoms with Crippen molar-refractivity contribution < 1.29 is 9.21 Å². The fourth-order valence-corrected chi connectivity index (χ4v) is 5.36. The van der Waals surface area contributed by atoms with Crippen LogP contribution in [-0.4, -0.2) is 38.5 Å². The first-order chi connectivity index (χ1) is 17.1. The van der Waals surface area contributed by atoms with Crippen LogP contribution in [0.15, 0.2) is 39.8 Å². The predicted molar refractivity (Wildman–Crippen MR) is 134 cm³/mol. The molecule has 35 heavy (non-hydrogen) atoms. The fraction of sp³-hybridized carbons (Fsp3) is 0.423. The maximum absolute atomic E-state index is 13.0. The summed E-state index contributed by atoms with van der Waals surface area (Å²) in [4.78, 5) is 41.0. The highest BCUT2D eigenvalue weighted by Crippen LogP contribution is 2.30. The minimum atomic E-state index is -0.390. The van der Waals surface area contributed by atoms with E-state index < -0.39 is 5.63 Å². The van der Waals surface area contributed by atoms with E-state index in [2.05, 4.69) is 24.8 Å². The number of rotatable bonds is 3. The lowest BCUT2D eigenvalue weighted by Gasteiger charge is -2.32. The van der Waals surface area contributed by atoms with Gasteiger partial charge >= 0.3 is 5.63 Å². The molecule has 0 saturated carbocycles. The fourth-order valence-electron chi connectivity index (χ4n) is 5.36. The SMILES string of the molecule is Cc1cc(=O)oc2cc(NC(=O)C3CCN(c4ncnc5c4nc4n5CCCCC4)CC3)ccc12. The summed E-state index contributed by atoms with van der Waals surface area (Å²) >= 11 is 0. The van der Waals surface area contributed by atoms with Gasteiger partial charge in [0.15, 0.2) is 17.0 Å². The maximum atomic E-state index is 13.0. The first-order valence-corrected chi connectivity index (χ1v) is 12.4. The zero-order valence-electron chi connectivity index (χ0n) is 19.8. The molecular weight excluding hydrogens is 444 g/mol. The number of nitrogens with zero attached hydrogens (tertiary/aromatic N) is 5. The molecule has 0 unspecified atom stereocenters. The Morgan fingerprint density at radius 2 is 1.94 bits per heavy atom. The van der Waals surface area contributed by atoms with Crippen molar-refractivity contribution in [3.63, 3.8) is 0 Å². The standard InChI is InChI=1S/C26H28N6O3/c1-16-13-22(33)35-20-14-18(6-7-19(16)20)29-26(34)17-8-11-31(12-9-17)24-23-25(28-15-27-24)32-10-4-2-3-5-21(32)30-23/h6-7,13-15,17H,2-5,8-12H2,1H3,(H,29,34). The Balaban J connectivity index is 1.16. The number of aryl methyl sites for hydroxylation is 3. The van der Waals surface area contributed by atoms with Gasteiger partial charge in [0.2, 0.25) is 5.91 Å². The number of benzene rings is 1. The van der Waals surface area contributed by atoms with Crippen LogP contribution in [-0.2, 0) is 17.8 Å². The molecule has 1 aromatic carbocycles. The number of hydrogen-bond donors (Lipinski definition) is 1. The molecule has 0 bridgehead atoms. The minimum absolute atomic E-state index is 0.0134. The van der Waals surface area contributed by atoms with E-state index in [-0.39, 0.29) is 11.8 Å². The highest BCUT2D eigenvalue weighted by atomic mass is 16.4. The molecule has 1 saturated heterocycles. The largest absolute Gasteiger partial charge is 0.423 e. The number of nitrogens with one attached hydrogen (secondary N) is 1. The predicted octanol–water partition coefficient (Wildman–Crippen LogP) is 3.82. The molecule has 1 fully saturated rings. The Morgan fingerprint density at radius 1 is 1.09 bits per heavy atom. The van der Waals surface area contributed by atoms with E-state index >= 15 is 0 Å². The second kappa shape index (κ2) is 8.79. The zero-order chi connectivity index (χ0) is 23.9. The molecule has 1 N–H and O–H groups in total. The summed E-state index contributed by atoms with van der Waals surface area (Å²) in [6.07, 6.45) is 7.62. The number of amides is 1. The summed E-state index contributed by atoms with van der Waals surface area (Å²) in [5.41, 5.74) is 3.38. The summed E-state index contributed by atoms with van der Waals surface area (Å²) in [5.74, 6) is 1.87. The topological polar surface area (TPSA) is 106 Å². The van der Waals surface area contributed by atoms with Crippen molar-refractivity contribution in [3.8, 4) is 0 Å². The smallest absolute Gasteiger partial charge is 0.336 e. The number of anilines is 2. The van der Waals surface area contributed by atoms with Crippen LogP contribution in [0.25, 0.3) is 22.1 Å². The van der Waals surface area contributed by atoms with E-state index in [0.717, 1.165) is 85.5 Å². The van der Waals surface area contributed by atoms with Crippen molar-refractivity contribution in [2.24, 2.45) is 5.92 Å². The van der Waals surface area contributed by atoms with Gasteiger partial charge in [-0.2, -0.15) is 0 Å². The van der Waals surface area contributed by atoms with Crippen LogP contribution in [0.2, 0.25) is 0 Å². The minimum Gasteiger partial charge on any atom is -0.423 e. The average molecular weight is 473 g/mol. The molecule has 0 radical (unpaired) electrons. The van der Waals surface area contributed by atoms with Crippen LogP contribution < -0.4 is 15.8 Å². The van der Waals surface area contributed by atoms with Gasteiger partial charge in [-0.3, -0.25) is 4.79 Å². The number of hydrogen-bond acceptors (Lipinski definition) is 7. The average Bonchev–Trinajstić information content (AvgIpc) is 3.04. The van der Waals surface area contributed by atoms with Crippen LogP contribution in [0.5, 0.6) is 0 Å². The van der Waals surface area contributed by atoms with Gasteiger partial charge in [0.05, 0.1) is 0 Å². The van der Waals surface area contributed by atoms with Gasteiger partial charge in [0.1, 0.15) is 17.7 Å². The summed E-state index contributed by atoms with van der Waals surface area (Å²) in [6, 6.07) is 6.92. The number of fused-ring (bicyclic) bond motifs is 4. The van der Waals surface area contributed by atoms with Crippen LogP contribution in [0.4, 0.5) is 11.5 Å². The highest BCUT2D eigenvalue weighted by Gasteiger charge is 2.28. The second-order valence-corrected chi connectivity index (χ2v) is 9.57. The number of carbonyl (C=O) groups is 1. The lowest BCUT2D eigenvalue weighted by molar-refractivity contribution is -0.120. The van der Waals surface area contributed by atoms with Crippen molar-refractivity contribution in [3.05, 3.63) is 52.4 Å². The summed E-state index contributed by atoms with van der Waals surface area (Å²) in [6.45, 7) is 4.30. The molecule has 180 valence electrons. The lowest BCUT2D eigenvalue weighted by atomic mass is 9.95. The van der Waals surface area contributed by atoms with Gasteiger partial charge in [-0.05, 0) is 50.3 Å². The molecule has 5 heterocycles. The van der Waals surface area contributed by atoms with E-state index in [1.165, 1.54) is 12.5 Å². The van der Waals surface area contributed by atoms with Crippen LogP contribution >= 0.6 is 0 Å². The van der Waals surface area contributed by atoms with Gasteiger partial charge in [-0.1, -0.05) is 6.42 Å². The Kier molecular flexibility index (Phi) is 5.47. The second-order valence-electron chi connectivity index (χ2n) is 9.57. The van der Waals surface area contributed by atoms with Crippen molar-refractivity contribution >= 4 is 39.5 Å². The van der Waals surface area contributed by atoms with Gasteiger partial charge in [-0.15, -0.1) is 0 Å². The van der Waals surface area contributed by atoms with Gasteiger partial charge in [0.25, 0.3) is 0 Å². The van der Waals surface area contributed by atoms with E-state index in [4.69, 9.17) is 9.40 Å². The van der Waals surface area contributed by atoms with Gasteiger partial charge in [0, 0.05) is 55.2 Å². The Morgan fingerprint density at radius 3 is 2.80 bits per heavy atom. The molecule has 9 nitrogen and oxygen atoms in total. The zero-order valence-corrected chi connectivity index (χ0v) is 19.8. The van der Waals surface area contributed by atoms with Crippen molar-refractivity contribution in [2.45, 2.75) is 52.0 Å². The quantitative estimate of drug-likeness (QED) is 0.452. The molecule has 0 spiro atoms. The molecule has 2 aliphatic rings.